The molecule has 0 aliphatic heterocycles. The van der Waals surface area contributed by atoms with Crippen LogP contribution in [0.1, 0.15) is 12.0 Å². The van der Waals surface area contributed by atoms with E-state index < -0.39 is 0 Å². The third kappa shape index (κ3) is 3.11. The molecule has 126 valence electrons. The summed E-state index contributed by atoms with van der Waals surface area (Å²) >= 11 is 0. The molecule has 2 aromatic carbocycles. The Morgan fingerprint density at radius 3 is 2.71 bits per heavy atom. The van der Waals surface area contributed by atoms with E-state index in [0.717, 1.165) is 16.5 Å². The van der Waals surface area contributed by atoms with Crippen molar-refractivity contribution in [3.8, 4) is 0 Å². The molecule has 0 atom stereocenters. The normalized spacial score (nSPS) is 10.6. The number of nitro benzene ring substituents is 1. The smallest absolute Gasteiger partial charge is 0.280 e. The molecule has 1 heterocycles. The molecule has 24 heavy (non-hydrogen) atoms. The van der Waals surface area contributed by atoms with Crippen LogP contribution in [0.4, 0.5) is 11.4 Å². The Labute approximate surface area is 145 Å². The predicted octanol–water partition coefficient (Wildman–Crippen LogP) is 3.82. The monoisotopic (exact) mass is 347 g/mol. The summed E-state index contributed by atoms with van der Waals surface area (Å²) in [5.41, 5.74) is 3.05. The van der Waals surface area contributed by atoms with Crippen LogP contribution in [0, 0.1) is 17.0 Å². The van der Waals surface area contributed by atoms with Crippen molar-refractivity contribution in [2.45, 2.75) is 13.3 Å². The number of hydrogen-bond acceptors (Lipinski definition) is 5. The topological polar surface area (TPSA) is 88.3 Å². The van der Waals surface area contributed by atoms with E-state index in [-0.39, 0.29) is 29.6 Å². The summed E-state index contributed by atoms with van der Waals surface area (Å²) in [7, 11) is 0. The quantitative estimate of drug-likeness (QED) is 0.317. The van der Waals surface area contributed by atoms with Crippen molar-refractivity contribution in [3.63, 3.8) is 0 Å². The highest BCUT2D eigenvalue weighted by molar-refractivity contribution is 6.11. The number of fused-ring (bicyclic) bond motifs is 2. The molecule has 3 rings (SSSR count). The van der Waals surface area contributed by atoms with Crippen LogP contribution in [-0.2, 0) is 0 Å². The van der Waals surface area contributed by atoms with Crippen LogP contribution >= 0.6 is 12.4 Å². The summed E-state index contributed by atoms with van der Waals surface area (Å²) in [6, 6.07) is 10.8. The van der Waals surface area contributed by atoms with Gasteiger partial charge in [-0.3, -0.25) is 10.1 Å². The van der Waals surface area contributed by atoms with Gasteiger partial charge in [0.25, 0.3) is 5.69 Å². The number of rotatable bonds is 5. The lowest BCUT2D eigenvalue weighted by molar-refractivity contribution is -0.383. The summed E-state index contributed by atoms with van der Waals surface area (Å²) < 4.78 is 0. The van der Waals surface area contributed by atoms with Gasteiger partial charge in [0.1, 0.15) is 5.39 Å². The second-order valence-electron chi connectivity index (χ2n) is 5.39. The van der Waals surface area contributed by atoms with E-state index >= 15 is 0 Å². The molecular formula is C17H18ClN3O3. The van der Waals surface area contributed by atoms with E-state index in [4.69, 9.17) is 5.11 Å². The Kier molecular flexibility index (Phi) is 5.54. The van der Waals surface area contributed by atoms with E-state index in [1.165, 1.54) is 6.07 Å². The first-order chi connectivity index (χ1) is 11.1. The van der Waals surface area contributed by atoms with Crippen molar-refractivity contribution in [1.82, 2.24) is 4.98 Å². The molecular weight excluding hydrogens is 330 g/mol. The number of nitrogens with zero attached hydrogens (tertiary/aromatic N) is 2. The lowest BCUT2D eigenvalue weighted by Gasteiger charge is -2.14. The van der Waals surface area contributed by atoms with Gasteiger partial charge >= 0.3 is 0 Å². The highest BCUT2D eigenvalue weighted by atomic mass is 35.5. The fourth-order valence-electron chi connectivity index (χ4n) is 2.74. The Balaban J connectivity index is 0.00000208. The fraction of sp³-hybridized carbons (Fsp3) is 0.235. The number of aryl methyl sites for hydroxylation is 1. The SMILES string of the molecule is Cc1ccc([N+](=O)[O-])c2c(NCCCO)c3ccccc3nc12.Cl. The van der Waals surface area contributed by atoms with E-state index in [1.807, 2.05) is 31.2 Å². The number of halogens is 1. The Morgan fingerprint density at radius 1 is 1.25 bits per heavy atom. The summed E-state index contributed by atoms with van der Waals surface area (Å²) in [6.07, 6.45) is 0.567. The summed E-state index contributed by atoms with van der Waals surface area (Å²) in [5.74, 6) is 0. The van der Waals surface area contributed by atoms with Gasteiger partial charge in [0.2, 0.25) is 0 Å². The lowest BCUT2D eigenvalue weighted by atomic mass is 10.0. The van der Waals surface area contributed by atoms with E-state index in [2.05, 4.69) is 10.3 Å². The van der Waals surface area contributed by atoms with Crippen LogP contribution < -0.4 is 5.32 Å². The number of nitrogens with one attached hydrogen (secondary N) is 1. The number of aliphatic hydroxyl groups excluding tert-OH is 1. The maximum absolute atomic E-state index is 11.5. The molecule has 6 nitrogen and oxygen atoms in total. The van der Waals surface area contributed by atoms with Crippen LogP contribution in [0.5, 0.6) is 0 Å². The van der Waals surface area contributed by atoms with Gasteiger partial charge in [-0.1, -0.05) is 24.3 Å². The molecule has 3 aromatic rings. The number of nitro groups is 1. The maximum atomic E-state index is 11.5. The van der Waals surface area contributed by atoms with Crippen LogP contribution in [-0.4, -0.2) is 28.2 Å². The molecule has 0 unspecified atom stereocenters. The molecule has 0 bridgehead atoms. The van der Waals surface area contributed by atoms with Crippen molar-refractivity contribution < 1.29 is 10.0 Å². The van der Waals surface area contributed by atoms with Crippen molar-refractivity contribution in [2.75, 3.05) is 18.5 Å². The van der Waals surface area contributed by atoms with Crippen molar-refractivity contribution in [3.05, 3.63) is 52.1 Å². The molecule has 0 saturated heterocycles. The summed E-state index contributed by atoms with van der Waals surface area (Å²) in [6.45, 7) is 2.49. The van der Waals surface area contributed by atoms with Gasteiger partial charge in [0.05, 0.1) is 21.6 Å². The van der Waals surface area contributed by atoms with Gasteiger partial charge in [0.15, 0.2) is 0 Å². The number of pyridine rings is 1. The highest BCUT2D eigenvalue weighted by Gasteiger charge is 2.20. The van der Waals surface area contributed by atoms with Gasteiger partial charge < -0.3 is 10.4 Å². The second kappa shape index (κ2) is 7.42. The number of aromatic nitrogens is 1. The standard InChI is InChI=1S/C17H17N3O3.ClH/c1-11-7-8-14(20(22)23)15-16(11)19-13-6-3-2-5-12(13)17(15)18-9-4-10-21;/h2-3,5-8,21H,4,9-10H2,1H3,(H,18,19);1H. The van der Waals surface area contributed by atoms with Crippen LogP contribution in [0.25, 0.3) is 21.8 Å². The zero-order valence-electron chi connectivity index (χ0n) is 13.2. The number of hydrogen-bond donors (Lipinski definition) is 2. The predicted molar refractivity (Wildman–Crippen MR) is 98.1 cm³/mol. The number of para-hydroxylation sites is 1. The van der Waals surface area contributed by atoms with Gasteiger partial charge in [-0.05, 0) is 25.0 Å². The van der Waals surface area contributed by atoms with Crippen LogP contribution in [0.2, 0.25) is 0 Å². The average molecular weight is 348 g/mol. The van der Waals surface area contributed by atoms with Gasteiger partial charge in [0, 0.05) is 24.6 Å². The van der Waals surface area contributed by atoms with Crippen molar-refractivity contribution >= 4 is 45.6 Å². The second-order valence-corrected chi connectivity index (χ2v) is 5.39. The van der Waals surface area contributed by atoms with Gasteiger partial charge in [-0.25, -0.2) is 4.98 Å². The Morgan fingerprint density at radius 2 is 2.00 bits per heavy atom. The molecule has 0 amide bonds. The first-order valence-electron chi connectivity index (χ1n) is 7.44. The minimum atomic E-state index is -0.380. The highest BCUT2D eigenvalue weighted by Crippen LogP contribution is 2.37. The molecule has 7 heteroatoms. The molecule has 2 N–H and O–H groups in total. The number of aliphatic hydroxyl groups is 1. The molecule has 0 fully saturated rings. The first kappa shape index (κ1) is 17.9. The molecule has 1 aromatic heterocycles. The Bertz CT molecular complexity index is 899. The molecule has 0 saturated carbocycles. The Hall–Kier alpha value is -2.44. The van der Waals surface area contributed by atoms with E-state index in [1.54, 1.807) is 6.07 Å². The minimum absolute atomic E-state index is 0. The summed E-state index contributed by atoms with van der Waals surface area (Å²) in [4.78, 5) is 15.7. The summed E-state index contributed by atoms with van der Waals surface area (Å²) in [5, 5.41) is 25.1. The number of non-ortho nitro benzene ring substituents is 1. The van der Waals surface area contributed by atoms with Crippen LogP contribution in [0.15, 0.2) is 36.4 Å². The molecule has 0 aliphatic rings. The van der Waals surface area contributed by atoms with Crippen LogP contribution in [0.3, 0.4) is 0 Å². The maximum Gasteiger partial charge on any atom is 0.280 e. The van der Waals surface area contributed by atoms with Gasteiger partial charge in [-0.15, -0.1) is 12.4 Å². The fourth-order valence-corrected chi connectivity index (χ4v) is 2.74. The minimum Gasteiger partial charge on any atom is -0.396 e. The molecule has 0 aliphatic carbocycles. The largest absolute Gasteiger partial charge is 0.396 e. The zero-order chi connectivity index (χ0) is 16.4. The van der Waals surface area contributed by atoms with E-state index in [9.17, 15) is 10.1 Å². The molecule has 0 radical (unpaired) electrons. The number of anilines is 1. The first-order valence-corrected chi connectivity index (χ1v) is 7.44. The zero-order valence-corrected chi connectivity index (χ0v) is 14.0. The van der Waals surface area contributed by atoms with Gasteiger partial charge in [-0.2, -0.15) is 0 Å². The third-order valence-corrected chi connectivity index (χ3v) is 3.85. The molecule has 0 spiro atoms. The third-order valence-electron chi connectivity index (χ3n) is 3.85. The van der Waals surface area contributed by atoms with E-state index in [0.29, 0.717) is 29.6 Å². The average Bonchev–Trinajstić information content (AvgIpc) is 2.55. The van der Waals surface area contributed by atoms with Crippen molar-refractivity contribution in [1.29, 1.82) is 0 Å². The number of benzene rings is 2. The lowest BCUT2D eigenvalue weighted by Crippen LogP contribution is -2.06. The van der Waals surface area contributed by atoms with Crippen molar-refractivity contribution in [2.24, 2.45) is 0 Å².